The van der Waals surface area contributed by atoms with E-state index in [9.17, 15) is 9.59 Å². The maximum absolute atomic E-state index is 11.3. The Bertz CT molecular complexity index is 466. The highest BCUT2D eigenvalue weighted by Gasteiger charge is 2.22. The number of ketones is 1. The topological polar surface area (TPSA) is 61.8 Å². The summed E-state index contributed by atoms with van der Waals surface area (Å²) in [5, 5.41) is 0. The number of carbonyl (C=O) groups excluding carboxylic acids is 2. The fourth-order valence-electron chi connectivity index (χ4n) is 1.56. The maximum Gasteiger partial charge on any atom is 0.346 e. The van der Waals surface area contributed by atoms with Crippen LogP contribution in [0.5, 0.6) is 11.5 Å². The molecule has 90 valence electrons. The molecular formula is C12H12O5. The Morgan fingerprint density at radius 1 is 1.47 bits per heavy atom. The van der Waals surface area contributed by atoms with Crippen LogP contribution in [0, 0.1) is 0 Å². The predicted octanol–water partition coefficient (Wildman–Crippen LogP) is 1.20. The van der Waals surface area contributed by atoms with Gasteiger partial charge in [-0.25, -0.2) is 4.79 Å². The van der Waals surface area contributed by atoms with Gasteiger partial charge in [0.1, 0.15) is 11.5 Å². The van der Waals surface area contributed by atoms with Gasteiger partial charge in [0.15, 0.2) is 12.7 Å². The summed E-state index contributed by atoms with van der Waals surface area (Å²) < 4.78 is 15.1. The Morgan fingerprint density at radius 2 is 2.24 bits per heavy atom. The minimum atomic E-state index is -0.699. The summed E-state index contributed by atoms with van der Waals surface area (Å²) in [5.74, 6) is 0.455. The zero-order chi connectivity index (χ0) is 12.4. The summed E-state index contributed by atoms with van der Waals surface area (Å²) in [6.45, 7) is 1.65. The van der Waals surface area contributed by atoms with Crippen molar-refractivity contribution in [2.75, 3.05) is 13.7 Å². The van der Waals surface area contributed by atoms with Crippen LogP contribution in [0.2, 0.25) is 0 Å². The highest BCUT2D eigenvalue weighted by molar-refractivity contribution is 6.02. The highest BCUT2D eigenvalue weighted by atomic mass is 16.6. The molecule has 1 heterocycles. The fourth-order valence-corrected chi connectivity index (χ4v) is 1.56. The van der Waals surface area contributed by atoms with Crippen molar-refractivity contribution in [3.63, 3.8) is 0 Å². The minimum Gasteiger partial charge on any atom is -0.485 e. The number of ether oxygens (including phenoxy) is 3. The number of esters is 1. The first-order valence-electron chi connectivity index (χ1n) is 5.16. The molecule has 0 unspecified atom stereocenters. The highest BCUT2D eigenvalue weighted by Crippen LogP contribution is 2.29. The average Bonchev–Trinajstić information content (AvgIpc) is 2.69. The number of Topliss-reactive ketones (excluding diaryl/α,β-unsaturated/α-hetero) is 1. The Labute approximate surface area is 98.3 Å². The molecule has 1 aromatic rings. The van der Waals surface area contributed by atoms with Crippen molar-refractivity contribution in [3.8, 4) is 11.5 Å². The third-order valence-electron chi connectivity index (χ3n) is 2.46. The van der Waals surface area contributed by atoms with E-state index in [1.54, 1.807) is 25.1 Å². The fraction of sp³-hybridized carbons (Fsp3) is 0.333. The third kappa shape index (κ3) is 2.22. The molecule has 0 N–H and O–H groups in total. The van der Waals surface area contributed by atoms with Crippen molar-refractivity contribution in [2.45, 2.75) is 13.0 Å². The number of carbonyl (C=O) groups is 2. The molecule has 5 heteroatoms. The molecule has 0 aliphatic carbocycles. The van der Waals surface area contributed by atoms with E-state index in [1.807, 2.05) is 0 Å². The van der Waals surface area contributed by atoms with Crippen molar-refractivity contribution in [3.05, 3.63) is 23.8 Å². The van der Waals surface area contributed by atoms with E-state index < -0.39 is 12.1 Å². The quantitative estimate of drug-likeness (QED) is 0.738. The van der Waals surface area contributed by atoms with Gasteiger partial charge in [-0.15, -0.1) is 0 Å². The van der Waals surface area contributed by atoms with Crippen molar-refractivity contribution in [1.82, 2.24) is 0 Å². The van der Waals surface area contributed by atoms with Crippen LogP contribution in [0.4, 0.5) is 0 Å². The summed E-state index contributed by atoms with van der Waals surface area (Å²) in [4.78, 5) is 22.5. The summed E-state index contributed by atoms with van der Waals surface area (Å²) in [7, 11) is 1.30. The molecule has 0 radical (unpaired) electrons. The first-order valence-corrected chi connectivity index (χ1v) is 5.16. The zero-order valence-electron chi connectivity index (χ0n) is 9.56. The number of rotatable bonds is 3. The first-order chi connectivity index (χ1) is 8.11. The second-order valence-corrected chi connectivity index (χ2v) is 3.65. The second kappa shape index (κ2) is 4.45. The van der Waals surface area contributed by atoms with Crippen LogP contribution in [0.15, 0.2) is 18.2 Å². The number of fused-ring (bicyclic) bond motifs is 1. The van der Waals surface area contributed by atoms with Crippen LogP contribution in [-0.2, 0) is 9.53 Å². The molecule has 0 spiro atoms. The SMILES string of the molecule is COC(=O)[C@@H](C)Oc1ccc2c(c1)OCC2=O. The molecule has 0 bridgehead atoms. The van der Waals surface area contributed by atoms with Gasteiger partial charge in [-0.2, -0.15) is 0 Å². The number of methoxy groups -OCH3 is 1. The molecule has 0 amide bonds. The summed E-state index contributed by atoms with van der Waals surface area (Å²) in [5.41, 5.74) is 0.545. The molecule has 1 aliphatic heterocycles. The van der Waals surface area contributed by atoms with Crippen LogP contribution in [-0.4, -0.2) is 31.6 Å². The molecule has 1 aliphatic rings. The first kappa shape index (κ1) is 11.4. The molecule has 1 atom stereocenters. The monoisotopic (exact) mass is 236 g/mol. The summed E-state index contributed by atoms with van der Waals surface area (Å²) in [6.07, 6.45) is -0.699. The molecule has 17 heavy (non-hydrogen) atoms. The normalized spacial score (nSPS) is 14.8. The number of hydrogen-bond donors (Lipinski definition) is 0. The average molecular weight is 236 g/mol. The molecule has 0 aromatic heterocycles. The van der Waals surface area contributed by atoms with Crippen LogP contribution < -0.4 is 9.47 Å². The molecule has 5 nitrogen and oxygen atoms in total. The number of benzene rings is 1. The van der Waals surface area contributed by atoms with E-state index in [1.165, 1.54) is 7.11 Å². The summed E-state index contributed by atoms with van der Waals surface area (Å²) in [6, 6.07) is 4.86. The lowest BCUT2D eigenvalue weighted by molar-refractivity contribution is -0.147. The van der Waals surface area contributed by atoms with Gasteiger partial charge < -0.3 is 14.2 Å². The van der Waals surface area contributed by atoms with Crippen molar-refractivity contribution >= 4 is 11.8 Å². The smallest absolute Gasteiger partial charge is 0.346 e. The molecule has 2 rings (SSSR count). The van der Waals surface area contributed by atoms with Gasteiger partial charge in [-0.3, -0.25) is 4.79 Å². The van der Waals surface area contributed by atoms with Gasteiger partial charge in [0.05, 0.1) is 12.7 Å². The van der Waals surface area contributed by atoms with Gasteiger partial charge in [-0.05, 0) is 19.1 Å². The van der Waals surface area contributed by atoms with Crippen LogP contribution in [0.1, 0.15) is 17.3 Å². The van der Waals surface area contributed by atoms with Crippen LogP contribution >= 0.6 is 0 Å². The van der Waals surface area contributed by atoms with Gasteiger partial charge in [0, 0.05) is 6.07 Å². The predicted molar refractivity (Wildman–Crippen MR) is 58.4 cm³/mol. The van der Waals surface area contributed by atoms with E-state index in [2.05, 4.69) is 4.74 Å². The van der Waals surface area contributed by atoms with Gasteiger partial charge in [0.25, 0.3) is 0 Å². The Kier molecular flexibility index (Phi) is 2.99. The molecule has 0 fully saturated rings. The standard InChI is InChI=1S/C12H12O5/c1-7(12(14)15-2)17-8-3-4-9-10(13)6-16-11(9)5-8/h3-5,7H,6H2,1-2H3/t7-/m1/s1. The van der Waals surface area contributed by atoms with E-state index in [-0.39, 0.29) is 12.4 Å². The van der Waals surface area contributed by atoms with Crippen molar-refractivity contribution < 1.29 is 23.8 Å². The van der Waals surface area contributed by atoms with E-state index in [0.717, 1.165) is 0 Å². The van der Waals surface area contributed by atoms with E-state index in [4.69, 9.17) is 9.47 Å². The minimum absolute atomic E-state index is 0.0485. The largest absolute Gasteiger partial charge is 0.485 e. The lowest BCUT2D eigenvalue weighted by Gasteiger charge is -2.12. The van der Waals surface area contributed by atoms with E-state index >= 15 is 0 Å². The summed E-state index contributed by atoms with van der Waals surface area (Å²) >= 11 is 0. The Hall–Kier alpha value is -2.04. The van der Waals surface area contributed by atoms with Crippen LogP contribution in [0.25, 0.3) is 0 Å². The second-order valence-electron chi connectivity index (χ2n) is 3.65. The van der Waals surface area contributed by atoms with Gasteiger partial charge in [-0.1, -0.05) is 0 Å². The van der Waals surface area contributed by atoms with E-state index in [0.29, 0.717) is 17.1 Å². The van der Waals surface area contributed by atoms with Crippen molar-refractivity contribution in [1.29, 1.82) is 0 Å². The van der Waals surface area contributed by atoms with Gasteiger partial charge in [0.2, 0.25) is 5.78 Å². The Morgan fingerprint density at radius 3 is 2.94 bits per heavy atom. The lowest BCUT2D eigenvalue weighted by Crippen LogP contribution is -2.24. The molecular weight excluding hydrogens is 224 g/mol. The third-order valence-corrected chi connectivity index (χ3v) is 2.46. The molecule has 0 saturated heterocycles. The Balaban J connectivity index is 2.14. The van der Waals surface area contributed by atoms with Crippen LogP contribution in [0.3, 0.4) is 0 Å². The number of hydrogen-bond acceptors (Lipinski definition) is 5. The lowest BCUT2D eigenvalue weighted by atomic mass is 10.1. The zero-order valence-corrected chi connectivity index (χ0v) is 9.56. The van der Waals surface area contributed by atoms with Crippen molar-refractivity contribution in [2.24, 2.45) is 0 Å². The molecule has 1 aromatic carbocycles. The van der Waals surface area contributed by atoms with Gasteiger partial charge >= 0.3 is 5.97 Å². The molecule has 0 saturated carbocycles. The maximum atomic E-state index is 11.3.